The van der Waals surface area contributed by atoms with Crippen molar-refractivity contribution in [2.45, 2.75) is 19.6 Å². The average Bonchev–Trinajstić information content (AvgIpc) is 3.20. The quantitative estimate of drug-likeness (QED) is 0.541. The molecule has 1 atom stereocenters. The van der Waals surface area contributed by atoms with Gasteiger partial charge in [-0.15, -0.1) is 0 Å². The molecule has 0 aliphatic carbocycles. The van der Waals surface area contributed by atoms with Crippen LogP contribution >= 0.6 is 11.3 Å². The Labute approximate surface area is 153 Å². The van der Waals surface area contributed by atoms with Crippen LogP contribution in [0, 0.1) is 10.1 Å². The molecule has 26 heavy (non-hydrogen) atoms. The van der Waals surface area contributed by atoms with Gasteiger partial charge in [0, 0.05) is 31.2 Å². The largest absolute Gasteiger partial charge is 0.375 e. The second-order valence-corrected chi connectivity index (χ2v) is 6.98. The lowest BCUT2D eigenvalue weighted by atomic mass is 10.2. The summed E-state index contributed by atoms with van der Waals surface area (Å²) in [5.41, 5.74) is 0.931. The van der Waals surface area contributed by atoms with Crippen molar-refractivity contribution >= 4 is 33.8 Å². The Balaban J connectivity index is 1.46. The van der Waals surface area contributed by atoms with Crippen LogP contribution in [0.25, 0.3) is 4.96 Å². The maximum absolute atomic E-state index is 11.3. The summed E-state index contributed by atoms with van der Waals surface area (Å²) in [5, 5.41) is 16.2. The normalized spacial score (nSPS) is 17.6. The summed E-state index contributed by atoms with van der Waals surface area (Å²) in [6, 6.07) is 3.94. The van der Waals surface area contributed by atoms with Crippen LogP contribution in [-0.4, -0.2) is 45.1 Å². The molecule has 1 unspecified atom stereocenters. The number of thiazole rings is 1. The molecule has 3 aromatic heterocycles. The third kappa shape index (κ3) is 3.20. The smallest absolute Gasteiger partial charge is 0.372 e. The molecule has 1 fully saturated rings. The van der Waals surface area contributed by atoms with Crippen LogP contribution in [0.3, 0.4) is 0 Å². The first-order chi connectivity index (χ1) is 12.6. The fourth-order valence-electron chi connectivity index (χ4n) is 2.99. The number of hydrogen-bond acceptors (Lipinski definition) is 8. The van der Waals surface area contributed by atoms with Crippen molar-refractivity contribution in [3.8, 4) is 0 Å². The highest BCUT2D eigenvalue weighted by Crippen LogP contribution is 2.28. The van der Waals surface area contributed by atoms with E-state index in [-0.39, 0.29) is 17.7 Å². The molecule has 9 nitrogen and oxygen atoms in total. The summed E-state index contributed by atoms with van der Waals surface area (Å²) in [6.45, 7) is 4.81. The van der Waals surface area contributed by atoms with Crippen molar-refractivity contribution in [1.29, 1.82) is 0 Å². The van der Waals surface area contributed by atoms with Gasteiger partial charge in [-0.2, -0.15) is 9.38 Å². The SMILES string of the molecule is CC1CN(c2ccc(CNc3nc4sccn4c3[N+](=O)[O-])cn2)CCO1. The highest BCUT2D eigenvalue weighted by atomic mass is 32.1. The van der Waals surface area contributed by atoms with Crippen LogP contribution in [0.2, 0.25) is 0 Å². The Morgan fingerprint density at radius 1 is 1.50 bits per heavy atom. The number of ether oxygens (including phenoxy) is 1. The first-order valence-corrected chi connectivity index (χ1v) is 9.15. The lowest BCUT2D eigenvalue weighted by molar-refractivity contribution is -0.389. The standard InChI is InChI=1S/C16H18N6O3S/c1-11-10-20(4-6-25-11)13-3-2-12(8-17-13)9-18-14-15(22(23)24)21-5-7-26-16(21)19-14/h2-3,5,7-8,11,18H,4,6,9-10H2,1H3. The third-order valence-corrected chi connectivity index (χ3v) is 5.00. The summed E-state index contributed by atoms with van der Waals surface area (Å²) in [4.78, 5) is 22.5. The zero-order valence-electron chi connectivity index (χ0n) is 14.2. The van der Waals surface area contributed by atoms with Gasteiger partial charge in [-0.3, -0.25) is 0 Å². The molecule has 4 heterocycles. The molecule has 1 N–H and O–H groups in total. The van der Waals surface area contributed by atoms with Crippen LogP contribution in [0.15, 0.2) is 29.9 Å². The summed E-state index contributed by atoms with van der Waals surface area (Å²) in [6.07, 6.45) is 3.63. The molecule has 0 spiro atoms. The van der Waals surface area contributed by atoms with Crippen molar-refractivity contribution < 1.29 is 9.66 Å². The van der Waals surface area contributed by atoms with E-state index in [9.17, 15) is 10.1 Å². The van der Waals surface area contributed by atoms with E-state index in [0.717, 1.165) is 24.5 Å². The Morgan fingerprint density at radius 2 is 2.38 bits per heavy atom. The second-order valence-electron chi connectivity index (χ2n) is 6.10. The molecule has 1 aliphatic heterocycles. The van der Waals surface area contributed by atoms with Crippen LogP contribution in [-0.2, 0) is 11.3 Å². The van der Waals surface area contributed by atoms with E-state index in [1.807, 2.05) is 19.1 Å². The molecule has 10 heteroatoms. The number of pyridine rings is 1. The predicted octanol–water partition coefficient (Wildman–Crippen LogP) is 2.54. The molecule has 136 valence electrons. The van der Waals surface area contributed by atoms with Gasteiger partial charge in [-0.05, 0) is 23.5 Å². The van der Waals surface area contributed by atoms with Gasteiger partial charge in [-0.25, -0.2) is 4.98 Å². The molecule has 0 bridgehead atoms. The fourth-order valence-corrected chi connectivity index (χ4v) is 3.70. The van der Waals surface area contributed by atoms with Crippen LogP contribution in [0.5, 0.6) is 0 Å². The number of morpholine rings is 1. The lowest BCUT2D eigenvalue weighted by Crippen LogP contribution is -2.41. The maximum atomic E-state index is 11.3. The highest BCUT2D eigenvalue weighted by molar-refractivity contribution is 7.15. The minimum Gasteiger partial charge on any atom is -0.375 e. The molecule has 0 radical (unpaired) electrons. The molecule has 0 amide bonds. The van der Waals surface area contributed by atoms with Gasteiger partial charge in [0.25, 0.3) is 4.96 Å². The monoisotopic (exact) mass is 374 g/mol. The fraction of sp³-hybridized carbons (Fsp3) is 0.375. The van der Waals surface area contributed by atoms with Crippen LogP contribution < -0.4 is 10.2 Å². The van der Waals surface area contributed by atoms with Crippen molar-refractivity contribution in [2.24, 2.45) is 0 Å². The summed E-state index contributed by atoms with van der Waals surface area (Å²) in [5.74, 6) is 1.14. The number of fused-ring (bicyclic) bond motifs is 1. The minimum absolute atomic E-state index is 0.0480. The Bertz CT molecular complexity index is 922. The Hall–Kier alpha value is -2.72. The molecule has 1 aliphatic rings. The zero-order valence-corrected chi connectivity index (χ0v) is 15.0. The summed E-state index contributed by atoms with van der Waals surface area (Å²) in [7, 11) is 0. The van der Waals surface area contributed by atoms with Crippen molar-refractivity contribution in [2.75, 3.05) is 29.9 Å². The topological polar surface area (TPSA) is 97.8 Å². The van der Waals surface area contributed by atoms with E-state index < -0.39 is 4.92 Å². The lowest BCUT2D eigenvalue weighted by Gasteiger charge is -2.32. The zero-order chi connectivity index (χ0) is 18.1. The van der Waals surface area contributed by atoms with E-state index in [0.29, 0.717) is 18.1 Å². The van der Waals surface area contributed by atoms with Crippen LogP contribution in [0.1, 0.15) is 12.5 Å². The highest BCUT2D eigenvalue weighted by Gasteiger charge is 2.23. The third-order valence-electron chi connectivity index (χ3n) is 4.24. The molecule has 0 saturated carbocycles. The predicted molar refractivity (Wildman–Crippen MR) is 98.9 cm³/mol. The molecular formula is C16H18N6O3S. The number of rotatable bonds is 5. The summed E-state index contributed by atoms with van der Waals surface area (Å²) >= 11 is 1.36. The van der Waals surface area contributed by atoms with Gasteiger partial charge in [0.2, 0.25) is 5.82 Å². The molecule has 1 saturated heterocycles. The van der Waals surface area contributed by atoms with Gasteiger partial charge >= 0.3 is 5.82 Å². The number of hydrogen-bond donors (Lipinski definition) is 1. The minimum atomic E-state index is -0.421. The van der Waals surface area contributed by atoms with Gasteiger partial charge < -0.3 is 25.1 Å². The van der Waals surface area contributed by atoms with Crippen molar-refractivity contribution in [3.05, 3.63) is 45.6 Å². The Morgan fingerprint density at radius 3 is 3.12 bits per heavy atom. The van der Waals surface area contributed by atoms with E-state index in [2.05, 4.69) is 20.2 Å². The average molecular weight is 374 g/mol. The van der Waals surface area contributed by atoms with Gasteiger partial charge in [-0.1, -0.05) is 17.4 Å². The van der Waals surface area contributed by atoms with Gasteiger partial charge in [0.1, 0.15) is 12.0 Å². The maximum Gasteiger partial charge on any atom is 0.372 e. The van der Waals surface area contributed by atoms with Crippen LogP contribution in [0.4, 0.5) is 17.5 Å². The second kappa shape index (κ2) is 6.89. The summed E-state index contributed by atoms with van der Waals surface area (Å²) < 4.78 is 7.03. The van der Waals surface area contributed by atoms with Crippen molar-refractivity contribution in [3.63, 3.8) is 0 Å². The van der Waals surface area contributed by atoms with Crippen molar-refractivity contribution in [1.82, 2.24) is 14.4 Å². The molecule has 3 aromatic rings. The first-order valence-electron chi connectivity index (χ1n) is 8.27. The molecule has 0 aromatic carbocycles. The number of nitrogens with zero attached hydrogens (tertiary/aromatic N) is 5. The number of nitrogens with one attached hydrogen (secondary N) is 1. The van der Waals surface area contributed by atoms with E-state index >= 15 is 0 Å². The number of imidazole rings is 1. The number of nitro groups is 1. The Kier molecular flexibility index (Phi) is 4.43. The van der Waals surface area contributed by atoms with Gasteiger partial charge in [0.15, 0.2) is 0 Å². The molecular weight excluding hydrogens is 356 g/mol. The van der Waals surface area contributed by atoms with Gasteiger partial charge in [0.05, 0.1) is 12.7 Å². The molecule has 4 rings (SSSR count). The van der Waals surface area contributed by atoms with E-state index in [4.69, 9.17) is 4.74 Å². The number of aromatic nitrogens is 3. The van der Waals surface area contributed by atoms with E-state index in [1.165, 1.54) is 15.7 Å². The number of anilines is 2. The van der Waals surface area contributed by atoms with E-state index in [1.54, 1.807) is 17.8 Å². The first kappa shape index (κ1) is 16.7.